The zero-order valence-electron chi connectivity index (χ0n) is 36.9. The average Bonchev–Trinajstić information content (AvgIpc) is 3.90. The van der Waals surface area contributed by atoms with Crippen LogP contribution in [0.3, 0.4) is 0 Å². The molecule has 4 heterocycles. The van der Waals surface area contributed by atoms with Gasteiger partial charge in [0, 0.05) is 48.4 Å². The van der Waals surface area contributed by atoms with Gasteiger partial charge in [-0.2, -0.15) is 0 Å². The molecule has 11 aromatic rings. The van der Waals surface area contributed by atoms with Crippen molar-refractivity contribution < 1.29 is 24.5 Å². The summed E-state index contributed by atoms with van der Waals surface area (Å²) in [7, 11) is -1.23. The van der Waals surface area contributed by atoms with E-state index in [2.05, 4.69) is 201 Å². The van der Waals surface area contributed by atoms with E-state index in [9.17, 15) is 0 Å². The topological polar surface area (TPSA) is 56.7 Å². The Morgan fingerprint density at radius 2 is 1.20 bits per heavy atom. The summed E-state index contributed by atoms with van der Waals surface area (Å²) in [5.41, 5.74) is 16.0. The van der Waals surface area contributed by atoms with Crippen LogP contribution in [0.1, 0.15) is 11.1 Å². The van der Waals surface area contributed by atoms with E-state index in [0.29, 0.717) is 11.3 Å². The summed E-state index contributed by atoms with van der Waals surface area (Å²) in [6.07, 6.45) is 2.02. The van der Waals surface area contributed by atoms with Gasteiger partial charge in [0.05, 0.1) is 41.9 Å². The summed E-state index contributed by atoms with van der Waals surface area (Å²) in [5.74, 6) is 0.761. The molecule has 0 bridgehead atoms. The Morgan fingerprint density at radius 1 is 0.554 bits per heavy atom. The van der Waals surface area contributed by atoms with Crippen LogP contribution < -0.4 is 5.19 Å². The van der Waals surface area contributed by atoms with Crippen molar-refractivity contribution >= 4 is 46.4 Å². The van der Waals surface area contributed by atoms with Crippen molar-refractivity contribution in [2.75, 3.05) is 0 Å². The Kier molecular flexibility index (Phi) is 12.1. The summed E-state index contributed by atoms with van der Waals surface area (Å²) in [4.78, 5) is 14.9. The number of aryl methyl sites for hydroxylation is 2. The first-order valence-electron chi connectivity index (χ1n) is 21.7. The largest absolute Gasteiger partial charge is 0.486 e. The first kappa shape index (κ1) is 43.2. The molecule has 7 heteroatoms. The van der Waals surface area contributed by atoms with E-state index < -0.39 is 8.07 Å². The molecule has 0 spiro atoms. The monoisotopic (exact) mass is 1040 g/mol. The molecular weight excluding hydrogens is 989 g/mol. The van der Waals surface area contributed by atoms with Gasteiger partial charge in [-0.1, -0.05) is 152 Å². The Labute approximate surface area is 394 Å². The van der Waals surface area contributed by atoms with Crippen LogP contribution in [-0.4, -0.2) is 27.6 Å². The number of fused-ring (bicyclic) bond motifs is 4. The number of furan rings is 1. The minimum atomic E-state index is -1.23. The van der Waals surface area contributed by atoms with Gasteiger partial charge in [0.25, 0.3) is 0 Å². The zero-order chi connectivity index (χ0) is 43.8. The molecule has 5 nitrogen and oxygen atoms in total. The maximum Gasteiger partial charge on any atom is 0.216 e. The molecule has 4 aromatic heterocycles. The van der Waals surface area contributed by atoms with Gasteiger partial charge >= 0.3 is 0 Å². The Balaban J connectivity index is 0.000000266. The van der Waals surface area contributed by atoms with Gasteiger partial charge in [0.15, 0.2) is 0 Å². The Hall–Kier alpha value is -7.02. The predicted octanol–water partition coefficient (Wildman–Crippen LogP) is 14.5. The first-order valence-corrected chi connectivity index (χ1v) is 25.2. The van der Waals surface area contributed by atoms with Crippen LogP contribution in [0.25, 0.3) is 94.9 Å². The second kappa shape index (κ2) is 18.2. The number of hydrogen-bond acceptors (Lipinski definition) is 4. The number of para-hydroxylation sites is 3. The van der Waals surface area contributed by atoms with Gasteiger partial charge in [-0.3, -0.25) is 4.98 Å². The third-order valence-corrected chi connectivity index (χ3v) is 13.9. The third kappa shape index (κ3) is 8.42. The standard InChI is InChI=1S/C44H30N3O.C14H16NSi.Ir/c1-28-14-11-15-29(2)40(28)38-27-26-35-34-22-13-23-36(42(34)48-44(35)46-38)43-45-37-24-9-10-25-39(37)47(43)41-32(30-16-5-3-6-17-30)20-12-21-33(41)31-18-7-4-8-19-31;1-16(2,3)13-9-10-14(15-11-13)12-7-5-4-6-8-12;/h3-22,24-27H,1-2H3;4-7,9-11H,1-3H3;/q2*-1;. The van der Waals surface area contributed by atoms with Crippen LogP contribution in [0.4, 0.5) is 0 Å². The smallest absolute Gasteiger partial charge is 0.216 e. The molecule has 0 aliphatic rings. The summed E-state index contributed by atoms with van der Waals surface area (Å²) in [6.45, 7) is 11.2. The van der Waals surface area contributed by atoms with Crippen LogP contribution >= 0.6 is 0 Å². The van der Waals surface area contributed by atoms with E-state index in [0.717, 1.165) is 83.6 Å². The van der Waals surface area contributed by atoms with Crippen LogP contribution in [0.5, 0.6) is 0 Å². The molecule has 0 aliphatic carbocycles. The molecule has 0 N–H and O–H groups in total. The van der Waals surface area contributed by atoms with Crippen molar-refractivity contribution in [1.82, 2.24) is 19.5 Å². The molecule has 0 fully saturated rings. The summed E-state index contributed by atoms with van der Waals surface area (Å²) < 4.78 is 8.99. The van der Waals surface area contributed by atoms with Crippen LogP contribution in [0, 0.1) is 26.0 Å². The van der Waals surface area contributed by atoms with Crippen molar-refractivity contribution in [3.8, 4) is 61.8 Å². The molecule has 0 saturated carbocycles. The second-order valence-corrected chi connectivity index (χ2v) is 22.2. The minimum Gasteiger partial charge on any atom is -0.486 e. The fraction of sp³-hybridized carbons (Fsp3) is 0.0862. The summed E-state index contributed by atoms with van der Waals surface area (Å²) in [5, 5.41) is 3.34. The SMILES string of the molecule is C[Si](C)(C)c1ccc(-c2[c-]cccc2)nc1.Cc1cccc(C)c1-c1ccc2c(n1)oc1c(-c3nc4ccccc4n3-c3c(-c4ccccc4)cccc3-c3ccccc3)[c-]ccc12.[Ir]. The molecule has 65 heavy (non-hydrogen) atoms. The number of rotatable bonds is 7. The van der Waals surface area contributed by atoms with Crippen LogP contribution in [0.15, 0.2) is 193 Å². The molecule has 11 rings (SSSR count). The number of nitrogens with zero attached hydrogens (tertiary/aromatic N) is 4. The van der Waals surface area contributed by atoms with Crippen LogP contribution in [0.2, 0.25) is 19.6 Å². The molecule has 0 saturated heterocycles. The molecule has 319 valence electrons. The number of hydrogen-bond donors (Lipinski definition) is 0. The van der Waals surface area contributed by atoms with E-state index in [1.54, 1.807) is 0 Å². The van der Waals surface area contributed by atoms with Gasteiger partial charge < -0.3 is 14.0 Å². The summed E-state index contributed by atoms with van der Waals surface area (Å²) in [6, 6.07) is 69.5. The minimum absolute atomic E-state index is 0. The molecule has 1 radical (unpaired) electrons. The van der Waals surface area contributed by atoms with Crippen LogP contribution in [-0.2, 0) is 20.1 Å². The third-order valence-electron chi connectivity index (χ3n) is 11.9. The van der Waals surface area contributed by atoms with Gasteiger partial charge in [-0.25, -0.2) is 4.98 Å². The summed E-state index contributed by atoms with van der Waals surface area (Å²) >= 11 is 0. The fourth-order valence-corrected chi connectivity index (χ4v) is 9.64. The van der Waals surface area contributed by atoms with Crippen molar-refractivity contribution in [2.45, 2.75) is 33.5 Å². The van der Waals surface area contributed by atoms with Crippen molar-refractivity contribution in [2.24, 2.45) is 0 Å². The fourth-order valence-electron chi connectivity index (χ4n) is 8.60. The Bertz CT molecular complexity index is 3350. The maximum atomic E-state index is 6.70. The van der Waals surface area contributed by atoms with Crippen molar-refractivity contribution in [3.63, 3.8) is 0 Å². The van der Waals surface area contributed by atoms with E-state index in [1.807, 2.05) is 42.6 Å². The normalized spacial score (nSPS) is 11.3. The van der Waals surface area contributed by atoms with E-state index in [4.69, 9.17) is 14.4 Å². The van der Waals surface area contributed by atoms with Gasteiger partial charge in [-0.15, -0.1) is 54.1 Å². The zero-order valence-corrected chi connectivity index (χ0v) is 40.3. The van der Waals surface area contributed by atoms with Gasteiger partial charge in [0.2, 0.25) is 5.71 Å². The van der Waals surface area contributed by atoms with E-state index in [1.165, 1.54) is 16.3 Å². The number of pyridine rings is 2. The van der Waals surface area contributed by atoms with E-state index in [-0.39, 0.29) is 20.1 Å². The molecule has 0 amide bonds. The molecule has 0 unspecified atom stereocenters. The molecular formula is C58H46IrN4OSi-2. The van der Waals surface area contributed by atoms with E-state index >= 15 is 0 Å². The van der Waals surface area contributed by atoms with Gasteiger partial charge in [0.1, 0.15) is 0 Å². The van der Waals surface area contributed by atoms with Crippen molar-refractivity contribution in [3.05, 3.63) is 211 Å². The first-order chi connectivity index (χ1) is 31.2. The molecule has 0 atom stereocenters. The Morgan fingerprint density at radius 3 is 1.85 bits per heavy atom. The number of imidazole rings is 1. The second-order valence-electron chi connectivity index (χ2n) is 17.2. The quantitative estimate of drug-likeness (QED) is 0.118. The van der Waals surface area contributed by atoms with Crippen molar-refractivity contribution in [1.29, 1.82) is 0 Å². The average molecular weight is 1040 g/mol. The predicted molar refractivity (Wildman–Crippen MR) is 268 cm³/mol. The number of aromatic nitrogens is 4. The number of benzene rings is 7. The molecule has 0 aliphatic heterocycles. The van der Waals surface area contributed by atoms with Gasteiger partial charge in [-0.05, 0) is 71.2 Å². The maximum absolute atomic E-state index is 6.70. The molecule has 7 aromatic carbocycles.